The van der Waals surface area contributed by atoms with E-state index < -0.39 is 0 Å². The Morgan fingerprint density at radius 2 is 0.737 bits per heavy atom. The zero-order valence-electron chi connectivity index (χ0n) is 31.0. The van der Waals surface area contributed by atoms with Crippen LogP contribution in [0.25, 0.3) is 84.9 Å². The van der Waals surface area contributed by atoms with E-state index in [0.29, 0.717) is 0 Å². The van der Waals surface area contributed by atoms with Crippen LogP contribution in [0.2, 0.25) is 0 Å². The second kappa shape index (κ2) is 14.1. The van der Waals surface area contributed by atoms with Gasteiger partial charge in [0.05, 0.1) is 10.4 Å². The Morgan fingerprint density at radius 3 is 1.40 bits per heavy atom. The van der Waals surface area contributed by atoms with Crippen molar-refractivity contribution in [1.29, 1.82) is 0 Å². The molecule has 11 rings (SSSR count). The second-order valence-electron chi connectivity index (χ2n) is 14.5. The Kier molecular flexibility index (Phi) is 8.28. The van der Waals surface area contributed by atoms with E-state index in [4.69, 9.17) is 0 Å². The minimum atomic E-state index is 1.11. The molecule has 0 saturated carbocycles. The number of anilines is 3. The molecule has 9 aromatic carbocycles. The minimum absolute atomic E-state index is 1.11. The third-order valence-corrected chi connectivity index (χ3v) is 13.4. The maximum atomic E-state index is 2.47. The van der Waals surface area contributed by atoms with Gasteiger partial charge in [-0.15, -0.1) is 22.7 Å². The topological polar surface area (TPSA) is 3.24 Å². The van der Waals surface area contributed by atoms with Crippen LogP contribution in [0.5, 0.6) is 0 Å². The molecular weight excluding hydrogens is 727 g/mol. The summed E-state index contributed by atoms with van der Waals surface area (Å²) >= 11 is 3.73. The molecule has 268 valence electrons. The first-order chi connectivity index (χ1) is 28.2. The maximum absolute atomic E-state index is 2.47. The van der Waals surface area contributed by atoms with Crippen molar-refractivity contribution in [3.05, 3.63) is 212 Å². The van der Waals surface area contributed by atoms with Crippen LogP contribution < -0.4 is 4.90 Å². The molecule has 2 aromatic heterocycles. The summed E-state index contributed by atoms with van der Waals surface area (Å²) in [7, 11) is 0. The highest BCUT2D eigenvalue weighted by Gasteiger charge is 2.20. The fraction of sp³-hybridized carbons (Fsp3) is 0. The fourth-order valence-electron chi connectivity index (χ4n) is 8.23. The number of benzene rings is 9. The van der Waals surface area contributed by atoms with Crippen LogP contribution in [0.1, 0.15) is 0 Å². The molecule has 0 aliphatic heterocycles. The van der Waals surface area contributed by atoms with Crippen molar-refractivity contribution in [2.24, 2.45) is 0 Å². The molecule has 0 aliphatic carbocycles. The predicted molar refractivity (Wildman–Crippen MR) is 249 cm³/mol. The molecule has 0 unspecified atom stereocenters. The molecule has 0 N–H and O–H groups in total. The summed E-state index contributed by atoms with van der Waals surface area (Å²) in [4.78, 5) is 2.47. The van der Waals surface area contributed by atoms with Gasteiger partial charge in [0.2, 0.25) is 0 Å². The van der Waals surface area contributed by atoms with Crippen molar-refractivity contribution in [2.75, 3.05) is 4.90 Å². The third-order valence-electron chi connectivity index (χ3n) is 11.1. The number of fused-ring (bicyclic) bond motifs is 6. The van der Waals surface area contributed by atoms with Crippen molar-refractivity contribution < 1.29 is 0 Å². The van der Waals surface area contributed by atoms with Gasteiger partial charge in [0.1, 0.15) is 0 Å². The monoisotopic (exact) mass is 761 g/mol. The van der Waals surface area contributed by atoms with Gasteiger partial charge in [-0.1, -0.05) is 152 Å². The minimum Gasteiger partial charge on any atom is -0.309 e. The number of thiophene rings is 2. The van der Waals surface area contributed by atoms with Crippen molar-refractivity contribution in [3.63, 3.8) is 0 Å². The fourth-order valence-corrected chi connectivity index (χ4v) is 10.5. The summed E-state index contributed by atoms with van der Waals surface area (Å²) in [5.41, 5.74) is 13.0. The number of rotatable bonds is 7. The van der Waals surface area contributed by atoms with Crippen LogP contribution >= 0.6 is 22.7 Å². The molecule has 2 heterocycles. The number of nitrogens with zero attached hydrogens (tertiary/aromatic N) is 1. The lowest BCUT2D eigenvalue weighted by Gasteiger charge is -2.27. The SMILES string of the molecule is c1ccc(-c2ccc(-c3ccc(N(c4cc(-c5ccccc5)cc(-c5ccc6sc7ccccc7c6c5)c4)c4cccc5c4sc4ccccc45)cc3)cc2)cc1. The molecule has 0 saturated heterocycles. The Labute approximate surface area is 340 Å². The van der Waals surface area contributed by atoms with E-state index in [1.807, 2.05) is 22.7 Å². The lowest BCUT2D eigenvalue weighted by molar-refractivity contribution is 1.30. The van der Waals surface area contributed by atoms with Crippen molar-refractivity contribution >= 4 is 80.1 Å². The van der Waals surface area contributed by atoms with Gasteiger partial charge in [-0.3, -0.25) is 0 Å². The van der Waals surface area contributed by atoms with Crippen molar-refractivity contribution in [3.8, 4) is 44.5 Å². The average molecular weight is 762 g/mol. The summed E-state index contributed by atoms with van der Waals surface area (Å²) < 4.78 is 5.20. The lowest BCUT2D eigenvalue weighted by atomic mass is 9.96. The summed E-state index contributed by atoms with van der Waals surface area (Å²) in [6, 6.07) is 77.7. The summed E-state index contributed by atoms with van der Waals surface area (Å²) in [5.74, 6) is 0. The van der Waals surface area contributed by atoms with Gasteiger partial charge in [0.25, 0.3) is 0 Å². The highest BCUT2D eigenvalue weighted by atomic mass is 32.1. The van der Waals surface area contributed by atoms with Gasteiger partial charge in [-0.05, 0) is 105 Å². The first-order valence-electron chi connectivity index (χ1n) is 19.3. The normalized spacial score (nSPS) is 11.5. The zero-order valence-corrected chi connectivity index (χ0v) is 32.6. The van der Waals surface area contributed by atoms with Crippen LogP contribution in [0.15, 0.2) is 212 Å². The van der Waals surface area contributed by atoms with Gasteiger partial charge in [0.15, 0.2) is 0 Å². The third kappa shape index (κ3) is 6.09. The van der Waals surface area contributed by atoms with Crippen LogP contribution in [0, 0.1) is 0 Å². The quantitative estimate of drug-likeness (QED) is 0.156. The molecule has 1 nitrogen and oxygen atoms in total. The standard InChI is InChI=1S/C54H35NS2/c1-3-12-36(13-4-1)38-22-24-39(25-23-38)40-26-29-44(30-27-40)55(50-19-11-18-48-46-16-7-10-21-52(46)57-54(48)50)45-33-42(37-14-5-2-6-15-37)32-43(34-45)41-28-31-53-49(35-41)47-17-8-9-20-51(47)56-53/h1-35H. The molecule has 57 heavy (non-hydrogen) atoms. The molecule has 3 heteroatoms. The summed E-state index contributed by atoms with van der Waals surface area (Å²) in [5, 5.41) is 5.19. The van der Waals surface area contributed by atoms with E-state index in [1.165, 1.54) is 90.5 Å². The smallest absolute Gasteiger partial charge is 0.0640 e. The molecule has 0 amide bonds. The van der Waals surface area contributed by atoms with Crippen LogP contribution in [-0.2, 0) is 0 Å². The highest BCUT2D eigenvalue weighted by molar-refractivity contribution is 7.26. The zero-order chi connectivity index (χ0) is 37.7. The maximum Gasteiger partial charge on any atom is 0.0640 e. The van der Waals surface area contributed by atoms with Gasteiger partial charge in [0, 0.05) is 47.0 Å². The van der Waals surface area contributed by atoms with E-state index in [-0.39, 0.29) is 0 Å². The molecule has 0 atom stereocenters. The average Bonchev–Trinajstić information content (AvgIpc) is 3.86. The number of hydrogen-bond acceptors (Lipinski definition) is 3. The first-order valence-corrected chi connectivity index (χ1v) is 21.0. The van der Waals surface area contributed by atoms with Crippen LogP contribution in [0.3, 0.4) is 0 Å². The molecular formula is C54H35NS2. The van der Waals surface area contributed by atoms with Crippen LogP contribution in [0.4, 0.5) is 17.1 Å². The summed E-state index contributed by atoms with van der Waals surface area (Å²) in [6.45, 7) is 0. The Bertz CT molecular complexity index is 3210. The van der Waals surface area contributed by atoms with Gasteiger partial charge < -0.3 is 4.90 Å². The van der Waals surface area contributed by atoms with Crippen molar-refractivity contribution in [1.82, 2.24) is 0 Å². The van der Waals surface area contributed by atoms with Gasteiger partial charge >= 0.3 is 0 Å². The lowest BCUT2D eigenvalue weighted by Crippen LogP contribution is -2.10. The van der Waals surface area contributed by atoms with Gasteiger partial charge in [-0.2, -0.15) is 0 Å². The first kappa shape index (κ1) is 33.5. The molecule has 0 spiro atoms. The molecule has 0 aliphatic rings. The second-order valence-corrected chi connectivity index (χ2v) is 16.7. The van der Waals surface area contributed by atoms with E-state index in [2.05, 4.69) is 217 Å². The Hall–Kier alpha value is -6.78. The molecule has 11 aromatic rings. The van der Waals surface area contributed by atoms with Crippen LogP contribution in [-0.4, -0.2) is 0 Å². The summed E-state index contributed by atoms with van der Waals surface area (Å²) in [6.07, 6.45) is 0. The van der Waals surface area contributed by atoms with E-state index in [9.17, 15) is 0 Å². The molecule has 0 radical (unpaired) electrons. The van der Waals surface area contributed by atoms with E-state index in [1.54, 1.807) is 0 Å². The van der Waals surface area contributed by atoms with Gasteiger partial charge in [-0.25, -0.2) is 0 Å². The van der Waals surface area contributed by atoms with Crippen molar-refractivity contribution in [2.45, 2.75) is 0 Å². The molecule has 0 bridgehead atoms. The largest absolute Gasteiger partial charge is 0.309 e. The Morgan fingerprint density at radius 1 is 0.263 bits per heavy atom. The number of hydrogen-bond donors (Lipinski definition) is 0. The predicted octanol–water partition coefficient (Wildman–Crippen LogP) is 16.6. The van der Waals surface area contributed by atoms with E-state index in [0.717, 1.165) is 11.4 Å². The Balaban J connectivity index is 1.10. The molecule has 0 fully saturated rings. The highest BCUT2D eigenvalue weighted by Crippen LogP contribution is 2.47. The van der Waals surface area contributed by atoms with E-state index >= 15 is 0 Å².